The molecule has 3 N–H and O–H groups in total. The lowest BCUT2D eigenvalue weighted by Crippen LogP contribution is -2.45. The molecule has 30 heavy (non-hydrogen) atoms. The van der Waals surface area contributed by atoms with Crippen LogP contribution in [0.5, 0.6) is 0 Å². The number of carbonyl (C=O) groups is 3. The molecule has 1 aromatic rings. The predicted octanol–water partition coefficient (Wildman–Crippen LogP) is 2.90. The Morgan fingerprint density at radius 3 is 2.30 bits per heavy atom. The maximum absolute atomic E-state index is 12.5. The van der Waals surface area contributed by atoms with Gasteiger partial charge in [0.25, 0.3) is 0 Å². The van der Waals surface area contributed by atoms with Crippen LogP contribution in [0.15, 0.2) is 24.3 Å². The van der Waals surface area contributed by atoms with Gasteiger partial charge in [-0.3, -0.25) is 4.79 Å². The molecule has 0 bridgehead atoms. The lowest BCUT2D eigenvalue weighted by Gasteiger charge is -2.22. The molecule has 1 heterocycles. The van der Waals surface area contributed by atoms with Gasteiger partial charge in [-0.25, -0.2) is 9.59 Å². The van der Waals surface area contributed by atoms with Gasteiger partial charge in [0.2, 0.25) is 5.91 Å². The van der Waals surface area contributed by atoms with Crippen molar-refractivity contribution in [2.24, 2.45) is 5.92 Å². The first-order valence-corrected chi connectivity index (χ1v) is 11.0. The summed E-state index contributed by atoms with van der Waals surface area (Å²) in [6.07, 6.45) is 5.48. The zero-order valence-electron chi connectivity index (χ0n) is 17.2. The van der Waals surface area contributed by atoms with Gasteiger partial charge < -0.3 is 25.8 Å². The van der Waals surface area contributed by atoms with Gasteiger partial charge in [-0.2, -0.15) is 0 Å². The summed E-state index contributed by atoms with van der Waals surface area (Å²) in [6, 6.07) is 6.44. The standard InChI is InChI=1S/C21H30ClN5O3/c22-17-6-8-18(9-7-17)25-21(30)27-11-3-10-26(12-13-27)19(28)15-24-20(29)23-14-16-4-1-2-5-16/h6-9,16H,1-5,10-15H2,(H,25,30)(H2,23,24,29). The zero-order valence-corrected chi connectivity index (χ0v) is 17.9. The second kappa shape index (κ2) is 11.1. The number of anilines is 1. The third-order valence-electron chi connectivity index (χ3n) is 5.66. The van der Waals surface area contributed by atoms with Gasteiger partial charge in [0.15, 0.2) is 0 Å². The van der Waals surface area contributed by atoms with Gasteiger partial charge in [0.1, 0.15) is 0 Å². The van der Waals surface area contributed by atoms with E-state index >= 15 is 0 Å². The highest BCUT2D eigenvalue weighted by molar-refractivity contribution is 6.30. The first kappa shape index (κ1) is 22.2. The summed E-state index contributed by atoms with van der Waals surface area (Å²) in [4.78, 5) is 40.3. The van der Waals surface area contributed by atoms with Crippen LogP contribution in [0.1, 0.15) is 32.1 Å². The minimum Gasteiger partial charge on any atom is -0.339 e. The third kappa shape index (κ3) is 6.79. The third-order valence-corrected chi connectivity index (χ3v) is 5.91. The smallest absolute Gasteiger partial charge is 0.321 e. The van der Waals surface area contributed by atoms with Crippen molar-refractivity contribution in [1.29, 1.82) is 0 Å². The van der Waals surface area contributed by atoms with Crippen LogP contribution in [0.4, 0.5) is 15.3 Å². The van der Waals surface area contributed by atoms with Crippen LogP contribution in [0.2, 0.25) is 5.02 Å². The monoisotopic (exact) mass is 435 g/mol. The molecule has 1 saturated heterocycles. The van der Waals surface area contributed by atoms with E-state index in [0.717, 1.165) is 12.8 Å². The Bertz CT molecular complexity index is 737. The van der Waals surface area contributed by atoms with E-state index in [0.29, 0.717) is 55.8 Å². The Morgan fingerprint density at radius 2 is 1.57 bits per heavy atom. The molecule has 0 spiro atoms. The fraction of sp³-hybridized carbons (Fsp3) is 0.571. The van der Waals surface area contributed by atoms with Crippen LogP contribution in [-0.4, -0.2) is 67.0 Å². The summed E-state index contributed by atoms with van der Waals surface area (Å²) in [5, 5.41) is 8.96. The number of amides is 5. The van der Waals surface area contributed by atoms with Crippen molar-refractivity contribution in [3.8, 4) is 0 Å². The van der Waals surface area contributed by atoms with Gasteiger partial charge in [0.05, 0.1) is 6.54 Å². The molecule has 1 aliphatic heterocycles. The van der Waals surface area contributed by atoms with E-state index in [4.69, 9.17) is 11.6 Å². The molecule has 0 radical (unpaired) electrons. The maximum atomic E-state index is 12.5. The van der Waals surface area contributed by atoms with Gasteiger partial charge in [-0.15, -0.1) is 0 Å². The number of benzene rings is 1. The molecule has 1 saturated carbocycles. The second-order valence-electron chi connectivity index (χ2n) is 7.87. The van der Waals surface area contributed by atoms with Crippen molar-refractivity contribution in [1.82, 2.24) is 20.4 Å². The molecule has 0 aromatic heterocycles. The minimum atomic E-state index is -0.297. The van der Waals surface area contributed by atoms with Gasteiger partial charge in [0, 0.05) is 43.4 Å². The van der Waals surface area contributed by atoms with Crippen molar-refractivity contribution in [3.63, 3.8) is 0 Å². The number of halogens is 1. The molecule has 3 rings (SSSR count). The van der Waals surface area contributed by atoms with E-state index in [9.17, 15) is 14.4 Å². The Balaban J connectivity index is 1.38. The first-order valence-electron chi connectivity index (χ1n) is 10.6. The number of hydrogen-bond donors (Lipinski definition) is 3. The predicted molar refractivity (Wildman–Crippen MR) is 117 cm³/mol. The summed E-state index contributed by atoms with van der Waals surface area (Å²) in [6.45, 7) is 2.65. The van der Waals surface area contributed by atoms with Crippen LogP contribution in [0.25, 0.3) is 0 Å². The molecule has 2 aliphatic rings. The number of rotatable bonds is 5. The molecule has 0 unspecified atom stereocenters. The molecular weight excluding hydrogens is 406 g/mol. The Labute approximate surface area is 182 Å². The molecule has 164 valence electrons. The highest BCUT2D eigenvalue weighted by atomic mass is 35.5. The van der Waals surface area contributed by atoms with E-state index in [1.54, 1.807) is 34.1 Å². The Morgan fingerprint density at radius 1 is 0.900 bits per heavy atom. The lowest BCUT2D eigenvalue weighted by atomic mass is 10.1. The highest BCUT2D eigenvalue weighted by Gasteiger charge is 2.22. The summed E-state index contributed by atoms with van der Waals surface area (Å²) >= 11 is 5.87. The molecule has 5 amide bonds. The number of nitrogens with one attached hydrogen (secondary N) is 3. The molecule has 9 heteroatoms. The quantitative estimate of drug-likeness (QED) is 0.663. The Kier molecular flexibility index (Phi) is 8.19. The fourth-order valence-corrected chi connectivity index (χ4v) is 4.01. The minimum absolute atomic E-state index is 0.0343. The van der Waals surface area contributed by atoms with E-state index in [1.165, 1.54) is 12.8 Å². The number of hydrogen-bond acceptors (Lipinski definition) is 3. The van der Waals surface area contributed by atoms with E-state index in [1.807, 2.05) is 0 Å². The van der Waals surface area contributed by atoms with Crippen molar-refractivity contribution in [2.75, 3.05) is 44.6 Å². The van der Waals surface area contributed by atoms with E-state index < -0.39 is 0 Å². The average Bonchev–Trinajstić information content (AvgIpc) is 3.14. The summed E-state index contributed by atoms with van der Waals surface area (Å²) in [7, 11) is 0. The molecule has 1 aromatic carbocycles. The molecular formula is C21H30ClN5O3. The number of carbonyl (C=O) groups excluding carboxylic acids is 3. The van der Waals surface area contributed by atoms with Crippen LogP contribution >= 0.6 is 11.6 Å². The SMILES string of the molecule is O=C(NCC(=O)N1CCCN(C(=O)Nc2ccc(Cl)cc2)CC1)NCC1CCCC1. The van der Waals surface area contributed by atoms with Crippen molar-refractivity contribution in [2.45, 2.75) is 32.1 Å². The van der Waals surface area contributed by atoms with Crippen LogP contribution < -0.4 is 16.0 Å². The number of nitrogens with zero attached hydrogens (tertiary/aromatic N) is 2. The average molecular weight is 436 g/mol. The Hall–Kier alpha value is -2.48. The highest BCUT2D eigenvalue weighted by Crippen LogP contribution is 2.23. The van der Waals surface area contributed by atoms with Crippen LogP contribution in [-0.2, 0) is 4.79 Å². The number of urea groups is 2. The normalized spacial score (nSPS) is 17.4. The molecule has 2 fully saturated rings. The first-order chi connectivity index (χ1) is 14.5. The van der Waals surface area contributed by atoms with Crippen LogP contribution in [0.3, 0.4) is 0 Å². The maximum Gasteiger partial charge on any atom is 0.321 e. The van der Waals surface area contributed by atoms with E-state index in [2.05, 4.69) is 16.0 Å². The topological polar surface area (TPSA) is 93.8 Å². The summed E-state index contributed by atoms with van der Waals surface area (Å²) in [5.74, 6) is 0.424. The fourth-order valence-electron chi connectivity index (χ4n) is 3.89. The summed E-state index contributed by atoms with van der Waals surface area (Å²) in [5.41, 5.74) is 0.675. The van der Waals surface area contributed by atoms with Crippen LogP contribution in [0, 0.1) is 5.92 Å². The van der Waals surface area contributed by atoms with Crippen molar-refractivity contribution < 1.29 is 14.4 Å². The van der Waals surface area contributed by atoms with Crippen molar-refractivity contribution in [3.05, 3.63) is 29.3 Å². The zero-order chi connectivity index (χ0) is 21.3. The lowest BCUT2D eigenvalue weighted by molar-refractivity contribution is -0.129. The van der Waals surface area contributed by atoms with Gasteiger partial charge >= 0.3 is 12.1 Å². The molecule has 0 atom stereocenters. The van der Waals surface area contributed by atoms with Crippen molar-refractivity contribution >= 4 is 35.3 Å². The summed E-state index contributed by atoms with van der Waals surface area (Å²) < 4.78 is 0. The van der Waals surface area contributed by atoms with Gasteiger partial charge in [-0.1, -0.05) is 24.4 Å². The molecule has 1 aliphatic carbocycles. The molecule has 8 nitrogen and oxygen atoms in total. The second-order valence-corrected chi connectivity index (χ2v) is 8.31. The van der Waals surface area contributed by atoms with Gasteiger partial charge in [-0.05, 0) is 49.4 Å². The van der Waals surface area contributed by atoms with E-state index in [-0.39, 0.29) is 24.5 Å². The largest absolute Gasteiger partial charge is 0.339 e.